The summed E-state index contributed by atoms with van der Waals surface area (Å²) in [6.45, 7) is 3.05. The number of esters is 1. The summed E-state index contributed by atoms with van der Waals surface area (Å²) in [5.74, 6) is -2.51. The second kappa shape index (κ2) is 9.56. The first kappa shape index (κ1) is 22.9. The van der Waals surface area contributed by atoms with Crippen molar-refractivity contribution in [3.63, 3.8) is 0 Å². The highest BCUT2D eigenvalue weighted by Crippen LogP contribution is 2.22. The zero-order chi connectivity index (χ0) is 23.4. The molecule has 1 amide bonds. The van der Waals surface area contributed by atoms with E-state index in [1.165, 1.54) is 0 Å². The number of rotatable bonds is 7. The number of carbonyl (C=O) groups excluding carboxylic acids is 2. The van der Waals surface area contributed by atoms with Gasteiger partial charge in [0, 0.05) is 16.8 Å². The Morgan fingerprint density at radius 2 is 1.97 bits per heavy atom. The van der Waals surface area contributed by atoms with E-state index in [1.54, 1.807) is 24.6 Å². The standard InChI is InChI=1S/C21H18ClFN4O5/c1-12-20(13(2)26(25-12)10-14-5-3-4-6-16(14)22)21(29)32-11-19(28)24-15-7-8-17(23)18(9-15)27(30)31/h3-9H,10-11H2,1-2H3,(H,24,28). The van der Waals surface area contributed by atoms with Gasteiger partial charge < -0.3 is 10.1 Å². The van der Waals surface area contributed by atoms with Crippen LogP contribution in [0.25, 0.3) is 0 Å². The van der Waals surface area contributed by atoms with E-state index in [0.29, 0.717) is 23.0 Å². The van der Waals surface area contributed by atoms with Crippen LogP contribution in [0.2, 0.25) is 5.02 Å². The van der Waals surface area contributed by atoms with Gasteiger partial charge in [0.2, 0.25) is 5.82 Å². The average molecular weight is 461 g/mol. The number of carbonyl (C=O) groups is 2. The third-order valence-corrected chi connectivity index (χ3v) is 4.99. The number of amides is 1. The molecule has 0 saturated heterocycles. The number of halogens is 2. The molecule has 166 valence electrons. The maximum atomic E-state index is 13.4. The van der Waals surface area contributed by atoms with Crippen LogP contribution in [-0.2, 0) is 16.1 Å². The van der Waals surface area contributed by atoms with Gasteiger partial charge in [0.1, 0.15) is 5.56 Å². The maximum absolute atomic E-state index is 13.4. The highest BCUT2D eigenvalue weighted by molar-refractivity contribution is 6.31. The Hall–Kier alpha value is -3.79. The second-order valence-corrected chi connectivity index (χ2v) is 7.25. The Morgan fingerprint density at radius 3 is 2.66 bits per heavy atom. The molecule has 0 bridgehead atoms. The van der Waals surface area contributed by atoms with E-state index in [2.05, 4.69) is 10.4 Å². The fourth-order valence-corrected chi connectivity index (χ4v) is 3.26. The molecule has 32 heavy (non-hydrogen) atoms. The van der Waals surface area contributed by atoms with Crippen LogP contribution in [-0.4, -0.2) is 33.2 Å². The van der Waals surface area contributed by atoms with Gasteiger partial charge in [-0.05, 0) is 37.6 Å². The van der Waals surface area contributed by atoms with Crippen LogP contribution < -0.4 is 5.32 Å². The van der Waals surface area contributed by atoms with E-state index < -0.39 is 34.9 Å². The minimum atomic E-state index is -1.03. The number of aryl methyl sites for hydroxylation is 1. The lowest BCUT2D eigenvalue weighted by Crippen LogP contribution is -2.21. The molecule has 3 aromatic rings. The summed E-state index contributed by atoms with van der Waals surface area (Å²) in [5, 5.41) is 18.0. The van der Waals surface area contributed by atoms with E-state index in [-0.39, 0.29) is 11.3 Å². The summed E-state index contributed by atoms with van der Waals surface area (Å²) < 4.78 is 20.1. The maximum Gasteiger partial charge on any atom is 0.342 e. The number of hydrogen-bond donors (Lipinski definition) is 1. The molecule has 0 fully saturated rings. The first-order valence-corrected chi connectivity index (χ1v) is 9.73. The lowest BCUT2D eigenvalue weighted by Gasteiger charge is -2.08. The van der Waals surface area contributed by atoms with Crippen molar-refractivity contribution < 1.29 is 23.6 Å². The molecular weight excluding hydrogens is 443 g/mol. The molecule has 1 heterocycles. The lowest BCUT2D eigenvalue weighted by atomic mass is 10.2. The van der Waals surface area contributed by atoms with Gasteiger partial charge in [-0.1, -0.05) is 29.8 Å². The van der Waals surface area contributed by atoms with Crippen LogP contribution in [0.15, 0.2) is 42.5 Å². The summed E-state index contributed by atoms with van der Waals surface area (Å²) in [6.07, 6.45) is 0. The molecule has 0 unspecified atom stereocenters. The predicted octanol–water partition coefficient (Wildman–Crippen LogP) is 4.04. The quantitative estimate of drug-likeness (QED) is 0.323. The van der Waals surface area contributed by atoms with Gasteiger partial charge >= 0.3 is 11.7 Å². The number of nitro benzene ring substituents is 1. The van der Waals surface area contributed by atoms with E-state index >= 15 is 0 Å². The topological polar surface area (TPSA) is 116 Å². The third-order valence-electron chi connectivity index (χ3n) is 4.62. The summed E-state index contributed by atoms with van der Waals surface area (Å²) >= 11 is 6.19. The molecule has 0 radical (unpaired) electrons. The summed E-state index contributed by atoms with van der Waals surface area (Å²) in [7, 11) is 0. The van der Waals surface area contributed by atoms with Gasteiger partial charge in [-0.2, -0.15) is 9.49 Å². The van der Waals surface area contributed by atoms with Crippen LogP contribution in [0.1, 0.15) is 27.3 Å². The van der Waals surface area contributed by atoms with Crippen LogP contribution in [0.3, 0.4) is 0 Å². The molecule has 11 heteroatoms. The fourth-order valence-electron chi connectivity index (χ4n) is 3.06. The van der Waals surface area contributed by atoms with Gasteiger partial charge in [0.15, 0.2) is 6.61 Å². The van der Waals surface area contributed by atoms with E-state index in [4.69, 9.17) is 16.3 Å². The van der Waals surface area contributed by atoms with Crippen molar-refractivity contribution >= 4 is 34.9 Å². The van der Waals surface area contributed by atoms with Gasteiger partial charge in [-0.25, -0.2) is 4.79 Å². The number of hydrogen-bond acceptors (Lipinski definition) is 6. The number of nitrogens with zero attached hydrogens (tertiary/aromatic N) is 3. The monoisotopic (exact) mass is 460 g/mol. The third kappa shape index (κ3) is 5.09. The summed E-state index contributed by atoms with van der Waals surface area (Å²) in [4.78, 5) is 34.5. The number of nitro groups is 1. The zero-order valence-corrected chi connectivity index (χ0v) is 17.9. The molecule has 0 aliphatic rings. The second-order valence-electron chi connectivity index (χ2n) is 6.84. The molecule has 0 aliphatic heterocycles. The molecule has 9 nitrogen and oxygen atoms in total. The molecule has 0 aliphatic carbocycles. The Balaban J connectivity index is 1.66. The normalized spacial score (nSPS) is 10.6. The lowest BCUT2D eigenvalue weighted by molar-refractivity contribution is -0.387. The molecule has 2 aromatic carbocycles. The van der Waals surface area contributed by atoms with Crippen molar-refractivity contribution in [2.24, 2.45) is 0 Å². The Labute approximate surface area is 186 Å². The Bertz CT molecular complexity index is 1210. The number of nitrogens with one attached hydrogen (secondary N) is 1. The van der Waals surface area contributed by atoms with E-state index in [9.17, 15) is 24.1 Å². The van der Waals surface area contributed by atoms with Crippen molar-refractivity contribution in [2.45, 2.75) is 20.4 Å². The smallest absolute Gasteiger partial charge is 0.342 e. The van der Waals surface area contributed by atoms with E-state index in [0.717, 1.165) is 23.8 Å². The minimum absolute atomic E-state index is 0.000862. The largest absolute Gasteiger partial charge is 0.452 e. The van der Waals surface area contributed by atoms with E-state index in [1.807, 2.05) is 18.2 Å². The van der Waals surface area contributed by atoms with Gasteiger partial charge in [0.05, 0.1) is 22.9 Å². The molecule has 0 saturated carbocycles. The van der Waals surface area contributed by atoms with Crippen LogP contribution in [0.4, 0.5) is 15.8 Å². The fraction of sp³-hybridized carbons (Fsp3) is 0.190. The van der Waals surface area contributed by atoms with Crippen molar-refractivity contribution in [3.8, 4) is 0 Å². The number of anilines is 1. The van der Waals surface area contributed by atoms with Crippen molar-refractivity contribution in [2.75, 3.05) is 11.9 Å². The van der Waals surface area contributed by atoms with Crippen LogP contribution in [0.5, 0.6) is 0 Å². The molecule has 1 aromatic heterocycles. The predicted molar refractivity (Wildman–Crippen MR) is 114 cm³/mol. The molecule has 1 N–H and O–H groups in total. The van der Waals surface area contributed by atoms with Gasteiger partial charge in [-0.15, -0.1) is 0 Å². The number of aromatic nitrogens is 2. The SMILES string of the molecule is Cc1nn(Cc2ccccc2Cl)c(C)c1C(=O)OCC(=O)Nc1ccc(F)c([N+](=O)[O-])c1. The highest BCUT2D eigenvalue weighted by Gasteiger charge is 2.22. The zero-order valence-electron chi connectivity index (χ0n) is 17.1. The number of ether oxygens (including phenoxy) is 1. The molecular formula is C21H18ClFN4O5. The van der Waals surface area contributed by atoms with Crippen molar-refractivity contribution in [1.82, 2.24) is 9.78 Å². The average Bonchev–Trinajstić information content (AvgIpc) is 3.02. The molecule has 3 rings (SSSR count). The number of benzene rings is 2. The van der Waals surface area contributed by atoms with Crippen molar-refractivity contribution in [1.29, 1.82) is 0 Å². The van der Waals surface area contributed by atoms with Crippen LogP contribution in [0, 0.1) is 29.8 Å². The molecule has 0 atom stereocenters. The minimum Gasteiger partial charge on any atom is -0.452 e. The van der Waals surface area contributed by atoms with Gasteiger partial charge in [-0.3, -0.25) is 19.6 Å². The summed E-state index contributed by atoms with van der Waals surface area (Å²) in [5.41, 5.74) is 1.24. The first-order chi connectivity index (χ1) is 15.2. The Morgan fingerprint density at radius 1 is 1.25 bits per heavy atom. The molecule has 0 spiro atoms. The Kier molecular flexibility index (Phi) is 6.84. The highest BCUT2D eigenvalue weighted by atomic mass is 35.5. The summed E-state index contributed by atoms with van der Waals surface area (Å²) in [6, 6.07) is 10.2. The van der Waals surface area contributed by atoms with Crippen LogP contribution >= 0.6 is 11.6 Å². The first-order valence-electron chi connectivity index (χ1n) is 9.35. The van der Waals surface area contributed by atoms with Gasteiger partial charge in [0.25, 0.3) is 5.91 Å². The van der Waals surface area contributed by atoms with Crippen molar-refractivity contribution in [3.05, 3.63) is 85.9 Å².